The van der Waals surface area contributed by atoms with E-state index >= 15 is 0 Å². The zero-order chi connectivity index (χ0) is 46.6. The fourth-order valence-electron chi connectivity index (χ4n) is 9.64. The van der Waals surface area contributed by atoms with Crippen molar-refractivity contribution in [2.75, 3.05) is 19.6 Å². The van der Waals surface area contributed by atoms with Crippen LogP contribution in [0.25, 0.3) is 11.1 Å². The maximum atomic E-state index is 13.7. The first-order valence-corrected chi connectivity index (χ1v) is 23.7. The number of hydrogen-bond donors (Lipinski definition) is 8. The van der Waals surface area contributed by atoms with Gasteiger partial charge in [0.05, 0.1) is 23.7 Å². The van der Waals surface area contributed by atoms with Gasteiger partial charge in [-0.1, -0.05) is 63.6 Å². The van der Waals surface area contributed by atoms with Crippen molar-refractivity contribution in [3.8, 4) is 11.1 Å². The van der Waals surface area contributed by atoms with E-state index in [1.807, 2.05) is 19.1 Å². The number of carbonyl (C=O) groups is 5. The van der Waals surface area contributed by atoms with Crippen molar-refractivity contribution in [2.24, 2.45) is 34.5 Å². The molecule has 0 spiro atoms. The fraction of sp³-hybridized carbons (Fsp3) is 0.646. The monoisotopic (exact) mass is 887 g/mol. The van der Waals surface area contributed by atoms with Crippen molar-refractivity contribution >= 4 is 36.7 Å². The summed E-state index contributed by atoms with van der Waals surface area (Å²) in [5.74, 6) is -1.82. The molecule has 1 aliphatic heterocycles. The first-order chi connectivity index (χ1) is 30.5. The maximum absolute atomic E-state index is 13.7. The topological polar surface area (TPSA) is 242 Å². The lowest BCUT2D eigenvalue weighted by molar-refractivity contribution is -0.199. The quantitative estimate of drug-likeness (QED) is 0.0532. The van der Waals surface area contributed by atoms with Gasteiger partial charge in [-0.15, -0.1) is 0 Å². The molecule has 1 heterocycles. The predicted molar refractivity (Wildman–Crippen MR) is 250 cm³/mol. The molecule has 2 aromatic rings. The minimum atomic E-state index is -1.05. The summed E-state index contributed by atoms with van der Waals surface area (Å²) in [6.45, 7) is 13.2. The van der Waals surface area contributed by atoms with Gasteiger partial charge in [0.25, 0.3) is 5.91 Å². The minimum absolute atomic E-state index is 0.0395. The van der Waals surface area contributed by atoms with Crippen molar-refractivity contribution in [1.82, 2.24) is 26.6 Å². The number of hydrogen-bond acceptors (Lipinski definition) is 10. The van der Waals surface area contributed by atoms with Gasteiger partial charge in [0.15, 0.2) is 0 Å². The molecule has 3 aliphatic carbocycles. The van der Waals surface area contributed by atoms with E-state index in [-0.39, 0.29) is 42.7 Å². The third-order valence-corrected chi connectivity index (χ3v) is 14.0. The third-order valence-electron chi connectivity index (χ3n) is 14.0. The number of nitrogens with one attached hydrogen (secondary N) is 5. The maximum Gasteiger partial charge on any atom is 0.481 e. The van der Waals surface area contributed by atoms with E-state index < -0.39 is 60.5 Å². The summed E-state index contributed by atoms with van der Waals surface area (Å²) in [6.07, 6.45) is 8.39. The zero-order valence-corrected chi connectivity index (χ0v) is 39.0. The highest BCUT2D eigenvalue weighted by Crippen LogP contribution is 2.65. The van der Waals surface area contributed by atoms with Gasteiger partial charge in [0.2, 0.25) is 23.6 Å². The van der Waals surface area contributed by atoms with Crippen LogP contribution >= 0.6 is 0 Å². The van der Waals surface area contributed by atoms with Crippen LogP contribution in [-0.2, 0) is 34.9 Å². The Morgan fingerprint density at radius 2 is 1.34 bits per heavy atom. The van der Waals surface area contributed by atoms with Crippen LogP contribution in [-0.4, -0.2) is 98.1 Å². The van der Waals surface area contributed by atoms with Crippen molar-refractivity contribution in [2.45, 2.75) is 160 Å². The highest BCUT2D eigenvalue weighted by molar-refractivity contribution is 6.47. The van der Waals surface area contributed by atoms with Gasteiger partial charge in [-0.2, -0.15) is 0 Å². The molecule has 2 aromatic carbocycles. The summed E-state index contributed by atoms with van der Waals surface area (Å²) in [5, 5.41) is 14.2. The number of benzene rings is 2. The molecular formula is C48H75BN8O7. The molecule has 1 unspecified atom stereocenters. The van der Waals surface area contributed by atoms with Gasteiger partial charge in [0.1, 0.15) is 18.1 Å². The SMILES string of the molecule is CCCCc1ccc(-c2ccc(C(=O)NCCCC[C@H](NC(=O)[C@@H](N)CCN)C(=O)N[C@@H](C)C(=O)N[C@@H](CCCCN)C(=O)N[C@@H](C)B3OC4C[C@@H]5C[C@@H](C5(C)C)[C@]4(C)O3)cc2)cc1. The highest BCUT2D eigenvalue weighted by Gasteiger charge is 2.68. The average molecular weight is 887 g/mol. The van der Waals surface area contributed by atoms with Crippen LogP contribution in [0, 0.1) is 17.3 Å². The van der Waals surface area contributed by atoms with Crippen LogP contribution in [0.1, 0.15) is 128 Å². The van der Waals surface area contributed by atoms with Crippen LogP contribution in [0.4, 0.5) is 0 Å². The molecule has 352 valence electrons. The van der Waals surface area contributed by atoms with Gasteiger partial charge in [0, 0.05) is 12.1 Å². The molecule has 0 aromatic heterocycles. The molecule has 2 bridgehead atoms. The number of unbranched alkanes of at least 4 members (excludes halogenated alkanes) is 3. The lowest BCUT2D eigenvalue weighted by Crippen LogP contribution is -2.65. The predicted octanol–water partition coefficient (Wildman–Crippen LogP) is 3.65. The molecule has 3 saturated carbocycles. The normalized spacial score (nSPS) is 23.0. The molecule has 1 saturated heterocycles. The molecular weight excluding hydrogens is 811 g/mol. The van der Waals surface area contributed by atoms with Gasteiger partial charge in [-0.05, 0) is 151 Å². The van der Waals surface area contributed by atoms with Crippen molar-refractivity contribution in [3.05, 3.63) is 59.7 Å². The van der Waals surface area contributed by atoms with Crippen LogP contribution in [0.2, 0.25) is 0 Å². The lowest BCUT2D eigenvalue weighted by Gasteiger charge is -2.64. The summed E-state index contributed by atoms with van der Waals surface area (Å²) < 4.78 is 13.0. The summed E-state index contributed by atoms with van der Waals surface area (Å²) in [4.78, 5) is 66.9. The fourth-order valence-corrected chi connectivity index (χ4v) is 9.64. The molecule has 16 heteroatoms. The zero-order valence-electron chi connectivity index (χ0n) is 39.0. The number of carbonyl (C=O) groups excluding carboxylic acids is 5. The Morgan fingerprint density at radius 1 is 0.734 bits per heavy atom. The van der Waals surface area contributed by atoms with Crippen molar-refractivity contribution < 1.29 is 33.3 Å². The Bertz CT molecular complexity index is 1880. The Labute approximate surface area is 380 Å². The highest BCUT2D eigenvalue weighted by atomic mass is 16.7. The number of amides is 5. The van der Waals surface area contributed by atoms with Gasteiger partial charge < -0.3 is 53.1 Å². The minimum Gasteiger partial charge on any atom is -0.404 e. The van der Waals surface area contributed by atoms with E-state index in [1.165, 1.54) is 12.5 Å². The lowest BCUT2D eigenvalue weighted by atomic mass is 9.43. The molecule has 15 nitrogen and oxygen atoms in total. The van der Waals surface area contributed by atoms with Crippen molar-refractivity contribution in [1.29, 1.82) is 0 Å². The largest absolute Gasteiger partial charge is 0.481 e. The summed E-state index contributed by atoms with van der Waals surface area (Å²) in [7, 11) is -0.629. The smallest absolute Gasteiger partial charge is 0.404 e. The molecule has 5 amide bonds. The van der Waals surface area contributed by atoms with Crippen LogP contribution in [0.5, 0.6) is 0 Å². The van der Waals surface area contributed by atoms with E-state index in [9.17, 15) is 24.0 Å². The second kappa shape index (κ2) is 23.2. The molecule has 4 fully saturated rings. The summed E-state index contributed by atoms with van der Waals surface area (Å²) >= 11 is 0. The van der Waals surface area contributed by atoms with Gasteiger partial charge in [-0.25, -0.2) is 0 Å². The second-order valence-corrected chi connectivity index (χ2v) is 19.1. The van der Waals surface area contributed by atoms with Crippen molar-refractivity contribution in [3.63, 3.8) is 0 Å². The molecule has 6 rings (SSSR count). The molecule has 0 radical (unpaired) electrons. The molecule has 4 aliphatic rings. The second-order valence-electron chi connectivity index (χ2n) is 19.1. The van der Waals surface area contributed by atoms with E-state index in [0.717, 1.165) is 43.2 Å². The summed E-state index contributed by atoms with van der Waals surface area (Å²) in [5.41, 5.74) is 21.1. The Balaban J connectivity index is 1.11. The Morgan fingerprint density at radius 3 is 1.95 bits per heavy atom. The average Bonchev–Trinajstić information content (AvgIpc) is 3.65. The Hall–Kier alpha value is -4.35. The molecule has 64 heavy (non-hydrogen) atoms. The third kappa shape index (κ3) is 12.7. The van der Waals surface area contributed by atoms with E-state index in [4.69, 9.17) is 26.5 Å². The Kier molecular flexibility index (Phi) is 18.4. The standard InChI is InChI=1S/C48H75BN8O7/c1-7-8-13-32-16-18-33(19-17-32)34-20-22-35(23-21-34)43(59)53-27-12-10-15-38(57-44(60)37(52)24-26-51)45(61)54-30(2)42(58)56-39(14-9-11-25-50)46(62)55-31(3)49-63-41-29-36-28-40(47(36,4)5)48(41,6)64-49/h16-23,30-31,36-41H,7-15,24-29,50-52H2,1-6H3,(H,53,59)(H,54,61)(H,55,62)(H,56,58)(H,57,60)/t30-,31-,36-,37-,38-,39-,40-,41?,48-/m0/s1. The van der Waals surface area contributed by atoms with Gasteiger partial charge in [-0.3, -0.25) is 24.0 Å². The summed E-state index contributed by atoms with van der Waals surface area (Å²) in [6, 6.07) is 12.1. The number of nitrogens with two attached hydrogens (primary N) is 3. The van der Waals surface area contributed by atoms with E-state index in [2.05, 4.69) is 78.5 Å². The van der Waals surface area contributed by atoms with Crippen LogP contribution in [0.15, 0.2) is 48.5 Å². The number of rotatable bonds is 25. The van der Waals surface area contributed by atoms with E-state index in [1.54, 1.807) is 12.1 Å². The van der Waals surface area contributed by atoms with Gasteiger partial charge >= 0.3 is 7.12 Å². The first-order valence-electron chi connectivity index (χ1n) is 23.7. The van der Waals surface area contributed by atoms with Crippen LogP contribution < -0.4 is 43.8 Å². The molecule has 11 N–H and O–H groups in total. The first kappa shape index (κ1) is 50.7. The number of aryl methyl sites for hydroxylation is 1. The molecule has 9 atom stereocenters. The van der Waals surface area contributed by atoms with E-state index in [0.29, 0.717) is 62.6 Å². The van der Waals surface area contributed by atoms with Crippen LogP contribution in [0.3, 0.4) is 0 Å².